The van der Waals surface area contributed by atoms with Crippen LogP contribution < -0.4 is 15.4 Å². The third-order valence-electron chi connectivity index (χ3n) is 5.17. The van der Waals surface area contributed by atoms with E-state index in [1.165, 1.54) is 22.9 Å². The van der Waals surface area contributed by atoms with Crippen LogP contribution in [0.5, 0.6) is 11.5 Å². The van der Waals surface area contributed by atoms with Crippen LogP contribution in [0.3, 0.4) is 0 Å². The van der Waals surface area contributed by atoms with E-state index in [0.29, 0.717) is 0 Å². The second-order valence-corrected chi connectivity index (χ2v) is 9.07. The van der Waals surface area contributed by atoms with Crippen molar-refractivity contribution >= 4 is 23.3 Å². The number of nitrogen functional groups attached to an aromatic ring is 1. The van der Waals surface area contributed by atoms with E-state index in [4.69, 9.17) is 15.2 Å². The van der Waals surface area contributed by atoms with Gasteiger partial charge >= 0.3 is 11.8 Å². The molecule has 1 aromatic heterocycles. The quantitative estimate of drug-likeness (QED) is 0.506. The van der Waals surface area contributed by atoms with Crippen LogP contribution in [0.2, 0.25) is 0 Å². The molecule has 0 bridgehead atoms. The average molecular weight is 479 g/mol. The molecule has 10 nitrogen and oxygen atoms in total. The van der Waals surface area contributed by atoms with Gasteiger partial charge in [-0.25, -0.2) is 18.6 Å². The van der Waals surface area contributed by atoms with Crippen LogP contribution in [0, 0.1) is 28.7 Å². The van der Waals surface area contributed by atoms with Gasteiger partial charge in [-0.3, -0.25) is 10.1 Å². The van der Waals surface area contributed by atoms with Gasteiger partial charge in [-0.2, -0.15) is 0 Å². The van der Waals surface area contributed by atoms with E-state index < -0.39 is 40.0 Å². The number of aromatic nitrogens is 1. The number of piperazine rings is 1. The van der Waals surface area contributed by atoms with Crippen LogP contribution in [0.25, 0.3) is 0 Å². The highest BCUT2D eigenvalue weighted by molar-refractivity contribution is 5.69. The molecule has 184 valence electrons. The Morgan fingerprint density at radius 2 is 1.88 bits per heavy atom. The number of anilines is 2. The van der Waals surface area contributed by atoms with Crippen molar-refractivity contribution in [3.8, 4) is 11.5 Å². The number of halogens is 2. The highest BCUT2D eigenvalue weighted by atomic mass is 19.1. The molecular formula is C22H27F2N5O5. The first-order valence-electron chi connectivity index (χ1n) is 10.6. The normalized spacial score (nSPS) is 16.4. The molecule has 12 heteroatoms. The first-order chi connectivity index (χ1) is 15.8. The van der Waals surface area contributed by atoms with Crippen LogP contribution in [-0.4, -0.2) is 52.2 Å². The predicted molar refractivity (Wildman–Crippen MR) is 121 cm³/mol. The Kier molecular flexibility index (Phi) is 6.80. The number of ether oxygens (including phenoxy) is 2. The summed E-state index contributed by atoms with van der Waals surface area (Å²) < 4.78 is 41.0. The fourth-order valence-electron chi connectivity index (χ4n) is 3.67. The molecule has 1 atom stereocenters. The molecule has 0 spiro atoms. The second kappa shape index (κ2) is 9.27. The zero-order chi connectivity index (χ0) is 25.4. The number of hydrogen-bond donors (Lipinski definition) is 1. The molecule has 2 N–H and O–H groups in total. The molecule has 1 aromatic carbocycles. The zero-order valence-corrected chi connectivity index (χ0v) is 19.6. The highest BCUT2D eigenvalue weighted by Crippen LogP contribution is 2.39. The summed E-state index contributed by atoms with van der Waals surface area (Å²) in [7, 11) is 0. The van der Waals surface area contributed by atoms with E-state index in [0.717, 1.165) is 12.1 Å². The monoisotopic (exact) mass is 479 g/mol. The summed E-state index contributed by atoms with van der Waals surface area (Å²) in [5.74, 6) is -2.70. The molecule has 2 heterocycles. The van der Waals surface area contributed by atoms with Crippen LogP contribution >= 0.6 is 0 Å². The van der Waals surface area contributed by atoms with Gasteiger partial charge in [0.1, 0.15) is 17.0 Å². The van der Waals surface area contributed by atoms with Crippen LogP contribution in [0.15, 0.2) is 18.3 Å². The molecule has 0 saturated carbocycles. The molecule has 1 fully saturated rings. The van der Waals surface area contributed by atoms with E-state index >= 15 is 8.78 Å². The Balaban J connectivity index is 1.83. The first kappa shape index (κ1) is 24.9. The topological polar surface area (TPSA) is 124 Å². The number of nitro groups is 1. The van der Waals surface area contributed by atoms with E-state index in [9.17, 15) is 14.9 Å². The van der Waals surface area contributed by atoms with Crippen molar-refractivity contribution in [1.82, 2.24) is 9.88 Å². The summed E-state index contributed by atoms with van der Waals surface area (Å²) in [6.07, 6.45) is 0.780. The zero-order valence-electron chi connectivity index (χ0n) is 19.6. The number of amides is 1. The Morgan fingerprint density at radius 1 is 1.26 bits per heavy atom. The maximum atomic E-state index is 15.1. The van der Waals surface area contributed by atoms with Crippen molar-refractivity contribution in [3.63, 3.8) is 0 Å². The lowest BCUT2D eigenvalue weighted by Gasteiger charge is -2.41. The van der Waals surface area contributed by atoms with E-state index in [-0.39, 0.29) is 48.2 Å². The Hall–Kier alpha value is -3.70. The minimum absolute atomic E-state index is 0.180. The number of rotatable bonds is 4. The number of carbonyl (C=O) groups is 1. The standard InChI is InChI=1S/C22H27F2N5O5/c1-12-10-26-20(25)18(29(31)32)19(12)33-14-8-15(23)17(16(24)9-14)28-7-6-27(11-13(28)2)21(30)34-22(3,4)5/h8-10,13H,6-7,11H2,1-5H3,(H2,25,26). The van der Waals surface area contributed by atoms with Gasteiger partial charge in [0.15, 0.2) is 11.6 Å². The van der Waals surface area contributed by atoms with Crippen molar-refractivity contribution in [2.45, 2.75) is 46.3 Å². The lowest BCUT2D eigenvalue weighted by Crippen LogP contribution is -2.55. The fourth-order valence-corrected chi connectivity index (χ4v) is 3.67. The molecule has 1 aliphatic heterocycles. The third kappa shape index (κ3) is 5.26. The molecule has 3 rings (SSSR count). The van der Waals surface area contributed by atoms with Gasteiger partial charge < -0.3 is 25.0 Å². The molecule has 1 saturated heterocycles. The summed E-state index contributed by atoms with van der Waals surface area (Å²) in [5, 5.41) is 11.4. The first-order valence-corrected chi connectivity index (χ1v) is 10.6. The average Bonchev–Trinajstić information content (AvgIpc) is 2.69. The number of carbonyl (C=O) groups excluding carboxylic acids is 1. The van der Waals surface area contributed by atoms with Crippen LogP contribution in [0.1, 0.15) is 33.3 Å². The largest absolute Gasteiger partial charge is 0.449 e. The molecule has 1 amide bonds. The maximum absolute atomic E-state index is 15.1. The molecule has 34 heavy (non-hydrogen) atoms. The summed E-state index contributed by atoms with van der Waals surface area (Å²) in [6.45, 7) is 9.14. The van der Waals surface area contributed by atoms with Crippen molar-refractivity contribution in [2.24, 2.45) is 0 Å². The van der Waals surface area contributed by atoms with Crippen LogP contribution in [0.4, 0.5) is 30.8 Å². The lowest BCUT2D eigenvalue weighted by molar-refractivity contribution is -0.385. The molecule has 0 radical (unpaired) electrons. The number of nitrogens with zero attached hydrogens (tertiary/aromatic N) is 4. The maximum Gasteiger partial charge on any atom is 0.410 e. The third-order valence-corrected chi connectivity index (χ3v) is 5.17. The van der Waals surface area contributed by atoms with Gasteiger partial charge in [-0.1, -0.05) is 0 Å². The van der Waals surface area contributed by atoms with E-state index in [2.05, 4.69) is 4.98 Å². The van der Waals surface area contributed by atoms with E-state index in [1.54, 1.807) is 27.7 Å². The van der Waals surface area contributed by atoms with Gasteiger partial charge in [0, 0.05) is 49.6 Å². The number of hydrogen-bond acceptors (Lipinski definition) is 8. The van der Waals surface area contributed by atoms with Crippen molar-refractivity contribution < 1.29 is 28.0 Å². The SMILES string of the molecule is Cc1cnc(N)c([N+](=O)[O-])c1Oc1cc(F)c(N2CCN(C(=O)OC(C)(C)C)CC2C)c(F)c1. The summed E-state index contributed by atoms with van der Waals surface area (Å²) in [5.41, 5.74) is 4.34. The van der Waals surface area contributed by atoms with Gasteiger partial charge in [-0.05, 0) is 34.6 Å². The highest BCUT2D eigenvalue weighted by Gasteiger charge is 2.33. The Labute approximate surface area is 195 Å². The predicted octanol–water partition coefficient (Wildman–Crippen LogP) is 4.40. The smallest absolute Gasteiger partial charge is 0.410 e. The van der Waals surface area contributed by atoms with Crippen molar-refractivity contribution in [1.29, 1.82) is 0 Å². The minimum Gasteiger partial charge on any atom is -0.449 e. The summed E-state index contributed by atoms with van der Waals surface area (Å²) in [4.78, 5) is 29.7. The second-order valence-electron chi connectivity index (χ2n) is 9.07. The summed E-state index contributed by atoms with van der Waals surface area (Å²) in [6, 6.07) is 1.50. The number of benzene rings is 1. The van der Waals surface area contributed by atoms with Gasteiger partial charge in [0.25, 0.3) is 0 Å². The van der Waals surface area contributed by atoms with Crippen LogP contribution in [-0.2, 0) is 4.74 Å². The number of nitrogens with two attached hydrogens (primary N) is 1. The van der Waals surface area contributed by atoms with Gasteiger partial charge in [0.2, 0.25) is 11.6 Å². The fraction of sp³-hybridized carbons (Fsp3) is 0.455. The molecule has 1 aliphatic rings. The van der Waals surface area contributed by atoms with Crippen molar-refractivity contribution in [2.75, 3.05) is 30.3 Å². The molecule has 0 aliphatic carbocycles. The van der Waals surface area contributed by atoms with Gasteiger partial charge in [0.05, 0.1) is 4.92 Å². The Bertz CT molecular complexity index is 1100. The number of pyridine rings is 1. The summed E-state index contributed by atoms with van der Waals surface area (Å²) >= 11 is 0. The molecular weight excluding hydrogens is 452 g/mol. The molecule has 1 unspecified atom stereocenters. The molecule has 2 aromatic rings. The number of aryl methyl sites for hydroxylation is 1. The minimum atomic E-state index is -0.907. The van der Waals surface area contributed by atoms with Gasteiger partial charge in [-0.15, -0.1) is 0 Å². The van der Waals surface area contributed by atoms with E-state index in [1.807, 2.05) is 0 Å². The lowest BCUT2D eigenvalue weighted by atomic mass is 10.1. The van der Waals surface area contributed by atoms with Crippen molar-refractivity contribution in [3.05, 3.63) is 45.6 Å². The Morgan fingerprint density at radius 3 is 2.41 bits per heavy atom.